The first-order valence-electron chi connectivity index (χ1n) is 7.03. The standard InChI is InChI=1S/C17H18N2O2S/c1-2-22-12-13-8-10-15(11-9-13)17(21)19-18-16(20)14-6-4-3-5-7-14/h3-11H,2,12H2,1H3,(H,18,20)(H,19,21). The molecule has 114 valence electrons. The molecule has 2 aromatic carbocycles. The Hall–Kier alpha value is -2.27. The Bertz CT molecular complexity index is 627. The number of amides is 2. The van der Waals surface area contributed by atoms with Crippen LogP contribution in [0.15, 0.2) is 54.6 Å². The maximum atomic E-state index is 12.0. The molecule has 5 heteroatoms. The van der Waals surface area contributed by atoms with Gasteiger partial charge in [0.05, 0.1) is 0 Å². The second-order valence-electron chi connectivity index (χ2n) is 4.61. The topological polar surface area (TPSA) is 58.2 Å². The fourth-order valence-corrected chi connectivity index (χ4v) is 2.45. The minimum Gasteiger partial charge on any atom is -0.267 e. The monoisotopic (exact) mass is 314 g/mol. The molecule has 0 aliphatic heterocycles. The van der Waals surface area contributed by atoms with E-state index in [0.29, 0.717) is 11.1 Å². The Morgan fingerprint density at radius 2 is 1.41 bits per heavy atom. The smallest absolute Gasteiger partial charge is 0.267 e. The van der Waals surface area contributed by atoms with Crippen LogP contribution in [0.1, 0.15) is 33.2 Å². The van der Waals surface area contributed by atoms with E-state index in [0.717, 1.165) is 11.5 Å². The lowest BCUT2D eigenvalue weighted by molar-refractivity contribution is 0.0846. The van der Waals surface area contributed by atoms with E-state index in [2.05, 4.69) is 17.8 Å². The van der Waals surface area contributed by atoms with E-state index in [4.69, 9.17) is 0 Å². The first-order valence-corrected chi connectivity index (χ1v) is 8.18. The van der Waals surface area contributed by atoms with Crippen LogP contribution in [-0.2, 0) is 5.75 Å². The molecule has 0 bridgehead atoms. The fraction of sp³-hybridized carbons (Fsp3) is 0.176. The van der Waals surface area contributed by atoms with Gasteiger partial charge >= 0.3 is 0 Å². The molecule has 22 heavy (non-hydrogen) atoms. The van der Waals surface area contributed by atoms with Crippen molar-refractivity contribution in [2.24, 2.45) is 0 Å². The van der Waals surface area contributed by atoms with Crippen molar-refractivity contribution in [1.29, 1.82) is 0 Å². The zero-order valence-electron chi connectivity index (χ0n) is 12.3. The minimum atomic E-state index is -0.343. The summed E-state index contributed by atoms with van der Waals surface area (Å²) < 4.78 is 0. The van der Waals surface area contributed by atoms with E-state index >= 15 is 0 Å². The van der Waals surface area contributed by atoms with E-state index in [1.165, 1.54) is 5.56 Å². The zero-order valence-corrected chi connectivity index (χ0v) is 13.2. The van der Waals surface area contributed by atoms with Crippen molar-refractivity contribution in [3.63, 3.8) is 0 Å². The molecule has 2 amide bonds. The molecular formula is C17H18N2O2S. The summed E-state index contributed by atoms with van der Waals surface area (Å²) in [6, 6.07) is 16.1. The molecule has 0 spiro atoms. The summed E-state index contributed by atoms with van der Waals surface area (Å²) in [5, 5.41) is 0. The molecule has 2 aromatic rings. The maximum Gasteiger partial charge on any atom is 0.269 e. The minimum absolute atomic E-state index is 0.334. The van der Waals surface area contributed by atoms with Gasteiger partial charge < -0.3 is 0 Å². The van der Waals surface area contributed by atoms with Crippen molar-refractivity contribution >= 4 is 23.6 Å². The molecule has 4 nitrogen and oxygen atoms in total. The second-order valence-corrected chi connectivity index (χ2v) is 5.88. The summed E-state index contributed by atoms with van der Waals surface area (Å²) >= 11 is 1.83. The van der Waals surface area contributed by atoms with Crippen LogP contribution in [0.2, 0.25) is 0 Å². The zero-order chi connectivity index (χ0) is 15.8. The van der Waals surface area contributed by atoms with Gasteiger partial charge in [-0.1, -0.05) is 37.3 Å². The Morgan fingerprint density at radius 3 is 1.95 bits per heavy atom. The van der Waals surface area contributed by atoms with Crippen LogP contribution in [0, 0.1) is 0 Å². The first kappa shape index (κ1) is 16.1. The number of thioether (sulfide) groups is 1. The van der Waals surface area contributed by atoms with Crippen LogP contribution in [0.3, 0.4) is 0 Å². The molecular weight excluding hydrogens is 296 g/mol. The van der Waals surface area contributed by atoms with Gasteiger partial charge in [-0.05, 0) is 35.6 Å². The van der Waals surface area contributed by atoms with Crippen molar-refractivity contribution in [3.8, 4) is 0 Å². The molecule has 0 aliphatic rings. The summed E-state index contributed by atoms with van der Waals surface area (Å²) in [5.74, 6) is 1.32. The van der Waals surface area contributed by atoms with Crippen molar-refractivity contribution in [2.45, 2.75) is 12.7 Å². The Balaban J connectivity index is 1.88. The van der Waals surface area contributed by atoms with Gasteiger partial charge in [0.1, 0.15) is 0 Å². The van der Waals surface area contributed by atoms with Crippen LogP contribution < -0.4 is 10.9 Å². The normalized spacial score (nSPS) is 10.0. The third-order valence-corrected chi connectivity index (χ3v) is 3.96. The summed E-state index contributed by atoms with van der Waals surface area (Å²) in [7, 11) is 0. The van der Waals surface area contributed by atoms with Gasteiger partial charge in [-0.25, -0.2) is 0 Å². The van der Waals surface area contributed by atoms with Gasteiger partial charge in [-0.3, -0.25) is 20.4 Å². The number of hydrogen-bond acceptors (Lipinski definition) is 3. The average molecular weight is 314 g/mol. The molecule has 2 rings (SSSR count). The number of carbonyl (C=O) groups excluding carboxylic acids is 2. The van der Waals surface area contributed by atoms with Gasteiger partial charge in [0.25, 0.3) is 11.8 Å². The van der Waals surface area contributed by atoms with Gasteiger partial charge in [0.15, 0.2) is 0 Å². The number of hydrogen-bond donors (Lipinski definition) is 2. The van der Waals surface area contributed by atoms with E-state index in [9.17, 15) is 9.59 Å². The molecule has 0 aromatic heterocycles. The highest BCUT2D eigenvalue weighted by Crippen LogP contribution is 2.12. The molecule has 0 saturated carbocycles. The van der Waals surface area contributed by atoms with Crippen molar-refractivity contribution < 1.29 is 9.59 Å². The molecule has 0 heterocycles. The van der Waals surface area contributed by atoms with Crippen molar-refractivity contribution in [3.05, 3.63) is 71.3 Å². The number of benzene rings is 2. The lowest BCUT2D eigenvalue weighted by Gasteiger charge is -2.08. The third-order valence-electron chi connectivity index (χ3n) is 3.01. The molecule has 0 aliphatic carbocycles. The second kappa shape index (κ2) is 8.24. The molecule has 0 atom stereocenters. The van der Waals surface area contributed by atoms with Gasteiger partial charge in [-0.15, -0.1) is 0 Å². The summed E-state index contributed by atoms with van der Waals surface area (Å²) in [6.45, 7) is 2.11. The Labute approximate surface area is 134 Å². The van der Waals surface area contributed by atoms with E-state index < -0.39 is 0 Å². The number of carbonyl (C=O) groups is 2. The maximum absolute atomic E-state index is 12.0. The summed E-state index contributed by atoms with van der Waals surface area (Å²) in [4.78, 5) is 23.8. The fourth-order valence-electron chi connectivity index (χ4n) is 1.82. The van der Waals surface area contributed by atoms with E-state index in [1.54, 1.807) is 36.4 Å². The van der Waals surface area contributed by atoms with Gasteiger partial charge in [0, 0.05) is 16.9 Å². The van der Waals surface area contributed by atoms with Crippen LogP contribution in [-0.4, -0.2) is 17.6 Å². The third kappa shape index (κ3) is 4.63. The highest BCUT2D eigenvalue weighted by atomic mass is 32.2. The average Bonchev–Trinajstić information content (AvgIpc) is 2.58. The summed E-state index contributed by atoms with van der Waals surface area (Å²) in [6.07, 6.45) is 0. The molecule has 0 radical (unpaired) electrons. The Morgan fingerprint density at radius 1 is 0.864 bits per heavy atom. The largest absolute Gasteiger partial charge is 0.269 e. The van der Waals surface area contributed by atoms with Crippen LogP contribution in [0.5, 0.6) is 0 Å². The van der Waals surface area contributed by atoms with E-state index in [1.807, 2.05) is 30.0 Å². The van der Waals surface area contributed by atoms with Crippen LogP contribution in [0.25, 0.3) is 0 Å². The number of rotatable bonds is 5. The quantitative estimate of drug-likeness (QED) is 0.834. The molecule has 0 saturated heterocycles. The van der Waals surface area contributed by atoms with Gasteiger partial charge in [-0.2, -0.15) is 11.8 Å². The number of hydrazine groups is 1. The number of nitrogens with one attached hydrogen (secondary N) is 2. The van der Waals surface area contributed by atoms with Crippen molar-refractivity contribution in [2.75, 3.05) is 5.75 Å². The van der Waals surface area contributed by atoms with Crippen molar-refractivity contribution in [1.82, 2.24) is 10.9 Å². The first-order chi connectivity index (χ1) is 10.7. The Kier molecular flexibility index (Phi) is 6.03. The highest BCUT2D eigenvalue weighted by Gasteiger charge is 2.08. The van der Waals surface area contributed by atoms with Crippen LogP contribution >= 0.6 is 11.8 Å². The molecule has 2 N–H and O–H groups in total. The van der Waals surface area contributed by atoms with Crippen LogP contribution in [0.4, 0.5) is 0 Å². The van der Waals surface area contributed by atoms with E-state index in [-0.39, 0.29) is 11.8 Å². The SMILES string of the molecule is CCSCc1ccc(C(=O)NNC(=O)c2ccccc2)cc1. The molecule has 0 unspecified atom stereocenters. The molecule has 0 fully saturated rings. The lowest BCUT2D eigenvalue weighted by Crippen LogP contribution is -2.41. The van der Waals surface area contributed by atoms with Gasteiger partial charge in [0.2, 0.25) is 0 Å². The predicted octanol–water partition coefficient (Wildman–Crippen LogP) is 3.01. The summed E-state index contributed by atoms with van der Waals surface area (Å²) in [5.41, 5.74) is 7.00. The lowest BCUT2D eigenvalue weighted by atomic mass is 10.1. The highest BCUT2D eigenvalue weighted by molar-refractivity contribution is 7.98. The predicted molar refractivity (Wildman–Crippen MR) is 89.7 cm³/mol.